The summed E-state index contributed by atoms with van der Waals surface area (Å²) in [5.74, 6) is 0.257. The fourth-order valence-electron chi connectivity index (χ4n) is 3.37. The van der Waals surface area contributed by atoms with E-state index in [0.29, 0.717) is 0 Å². The molecule has 122 valence electrons. The van der Waals surface area contributed by atoms with Crippen LogP contribution in [0.15, 0.2) is 11.4 Å². The molecule has 1 N–H and O–H groups in total. The van der Waals surface area contributed by atoms with Crippen LogP contribution < -0.4 is 0 Å². The zero-order chi connectivity index (χ0) is 15.5. The van der Waals surface area contributed by atoms with Gasteiger partial charge in [-0.2, -0.15) is 0 Å². The highest BCUT2D eigenvalue weighted by Gasteiger charge is 2.30. The number of carbonyl (C=O) groups is 1. The van der Waals surface area contributed by atoms with Crippen LogP contribution in [0.5, 0.6) is 0 Å². The summed E-state index contributed by atoms with van der Waals surface area (Å²) in [4.78, 5) is 20.8. The molecule has 0 unspecified atom stereocenters. The Morgan fingerprint density at radius 2 is 2.09 bits per heavy atom. The van der Waals surface area contributed by atoms with Gasteiger partial charge in [-0.3, -0.25) is 14.6 Å². The molecule has 2 aliphatic heterocycles. The first-order chi connectivity index (χ1) is 10.7. The molecule has 1 aromatic heterocycles. The zero-order valence-corrected chi connectivity index (χ0v) is 14.0. The maximum Gasteiger partial charge on any atom is 0.239 e. The maximum atomic E-state index is 12.8. The van der Waals surface area contributed by atoms with Crippen LogP contribution in [0.2, 0.25) is 0 Å². The van der Waals surface area contributed by atoms with Crippen molar-refractivity contribution in [3.8, 4) is 0 Å². The quantitative estimate of drug-likeness (QED) is 0.883. The molecule has 1 fully saturated rings. The Hall–Kier alpha value is -0.950. The SMILES string of the molecule is C[C@H](C(=O)N1CCc2sccc2C1)N1CCN(CCO)CC1. The largest absolute Gasteiger partial charge is 0.395 e. The van der Waals surface area contributed by atoms with Gasteiger partial charge in [0.15, 0.2) is 0 Å². The predicted molar refractivity (Wildman–Crippen MR) is 88.0 cm³/mol. The molecule has 0 aromatic carbocycles. The Kier molecular flexibility index (Phi) is 5.13. The first-order valence-electron chi connectivity index (χ1n) is 8.10. The molecule has 3 rings (SSSR count). The molecule has 0 saturated carbocycles. The molecular formula is C16H25N3O2S. The van der Waals surface area contributed by atoms with Gasteiger partial charge >= 0.3 is 0 Å². The molecular weight excluding hydrogens is 298 g/mol. The van der Waals surface area contributed by atoms with E-state index in [9.17, 15) is 4.79 Å². The van der Waals surface area contributed by atoms with Gasteiger partial charge in [-0.1, -0.05) is 0 Å². The van der Waals surface area contributed by atoms with Crippen LogP contribution in [0.25, 0.3) is 0 Å². The molecule has 2 aliphatic rings. The summed E-state index contributed by atoms with van der Waals surface area (Å²) in [6.45, 7) is 8.30. The highest BCUT2D eigenvalue weighted by atomic mass is 32.1. The molecule has 1 aromatic rings. The van der Waals surface area contributed by atoms with E-state index in [1.165, 1.54) is 10.4 Å². The van der Waals surface area contributed by atoms with E-state index >= 15 is 0 Å². The van der Waals surface area contributed by atoms with E-state index in [1.54, 1.807) is 11.3 Å². The van der Waals surface area contributed by atoms with Gasteiger partial charge in [-0.25, -0.2) is 0 Å². The lowest BCUT2D eigenvalue weighted by molar-refractivity contribution is -0.138. The Morgan fingerprint density at radius 1 is 1.32 bits per heavy atom. The monoisotopic (exact) mass is 323 g/mol. The summed E-state index contributed by atoms with van der Waals surface area (Å²) < 4.78 is 0. The molecule has 6 heteroatoms. The van der Waals surface area contributed by atoms with Crippen LogP contribution in [-0.2, 0) is 17.8 Å². The number of hydrogen-bond acceptors (Lipinski definition) is 5. The van der Waals surface area contributed by atoms with Crippen molar-refractivity contribution in [1.82, 2.24) is 14.7 Å². The molecule has 3 heterocycles. The lowest BCUT2D eigenvalue weighted by Gasteiger charge is -2.39. The summed E-state index contributed by atoms with van der Waals surface area (Å²) in [6.07, 6.45) is 0.996. The summed E-state index contributed by atoms with van der Waals surface area (Å²) >= 11 is 1.81. The molecule has 1 amide bonds. The maximum absolute atomic E-state index is 12.8. The predicted octanol–water partition coefficient (Wildman–Crippen LogP) is 0.631. The summed E-state index contributed by atoms with van der Waals surface area (Å²) in [7, 11) is 0. The smallest absolute Gasteiger partial charge is 0.239 e. The number of aliphatic hydroxyl groups excluding tert-OH is 1. The lowest BCUT2D eigenvalue weighted by Crippen LogP contribution is -2.55. The van der Waals surface area contributed by atoms with Gasteiger partial charge in [-0.15, -0.1) is 11.3 Å². The third-order valence-corrected chi connectivity index (χ3v) is 5.87. The molecule has 22 heavy (non-hydrogen) atoms. The minimum Gasteiger partial charge on any atom is -0.395 e. The highest BCUT2D eigenvalue weighted by molar-refractivity contribution is 7.10. The minimum atomic E-state index is -0.0449. The molecule has 0 bridgehead atoms. The van der Waals surface area contributed by atoms with E-state index in [4.69, 9.17) is 5.11 Å². The van der Waals surface area contributed by atoms with Crippen LogP contribution in [0.1, 0.15) is 17.4 Å². The number of amides is 1. The molecule has 5 nitrogen and oxygen atoms in total. The third-order valence-electron chi connectivity index (χ3n) is 4.85. The topological polar surface area (TPSA) is 47.0 Å². The minimum absolute atomic E-state index is 0.0449. The number of carbonyl (C=O) groups excluding carboxylic acids is 1. The van der Waals surface area contributed by atoms with Crippen molar-refractivity contribution in [1.29, 1.82) is 0 Å². The third kappa shape index (κ3) is 3.35. The van der Waals surface area contributed by atoms with Crippen LogP contribution in [-0.4, -0.2) is 77.6 Å². The summed E-state index contributed by atoms with van der Waals surface area (Å²) in [5.41, 5.74) is 1.32. The van der Waals surface area contributed by atoms with Crippen molar-refractivity contribution in [2.24, 2.45) is 0 Å². The first kappa shape index (κ1) is 15.9. The fourth-order valence-corrected chi connectivity index (χ4v) is 4.26. The standard InChI is InChI=1S/C16H25N3O2S/c1-13(18-7-5-17(6-8-18)9-10-20)16(21)19-4-2-15-14(12-19)3-11-22-15/h3,11,13,20H,2,4-10,12H2,1H3/t13-/m1/s1. The van der Waals surface area contributed by atoms with Crippen LogP contribution >= 0.6 is 11.3 Å². The number of fused-ring (bicyclic) bond motifs is 1. The number of thiophene rings is 1. The number of piperazine rings is 1. The van der Waals surface area contributed by atoms with Crippen molar-refractivity contribution in [3.63, 3.8) is 0 Å². The van der Waals surface area contributed by atoms with Crippen molar-refractivity contribution < 1.29 is 9.90 Å². The molecule has 0 spiro atoms. The molecule has 1 saturated heterocycles. The van der Waals surface area contributed by atoms with E-state index in [1.807, 2.05) is 11.8 Å². The Balaban J connectivity index is 1.54. The van der Waals surface area contributed by atoms with Gasteiger partial charge in [0.2, 0.25) is 5.91 Å². The number of nitrogens with zero attached hydrogens (tertiary/aromatic N) is 3. The van der Waals surface area contributed by atoms with E-state index in [2.05, 4.69) is 21.2 Å². The van der Waals surface area contributed by atoms with Crippen molar-refractivity contribution in [2.45, 2.75) is 25.9 Å². The lowest BCUT2D eigenvalue weighted by atomic mass is 10.1. The van der Waals surface area contributed by atoms with Crippen molar-refractivity contribution in [3.05, 3.63) is 21.9 Å². The Bertz CT molecular complexity index is 511. The summed E-state index contributed by atoms with van der Waals surface area (Å²) in [5, 5.41) is 11.1. The highest BCUT2D eigenvalue weighted by Crippen LogP contribution is 2.24. The van der Waals surface area contributed by atoms with Crippen LogP contribution in [0.3, 0.4) is 0 Å². The van der Waals surface area contributed by atoms with Gasteiger partial charge in [0.1, 0.15) is 0 Å². The average Bonchev–Trinajstić information content (AvgIpc) is 3.02. The summed E-state index contributed by atoms with van der Waals surface area (Å²) in [6, 6.07) is 2.11. The second-order valence-corrected chi connectivity index (χ2v) is 7.16. The number of aliphatic hydroxyl groups is 1. The van der Waals surface area contributed by atoms with E-state index < -0.39 is 0 Å². The van der Waals surface area contributed by atoms with Gasteiger partial charge in [0.25, 0.3) is 0 Å². The van der Waals surface area contributed by atoms with Crippen LogP contribution in [0, 0.1) is 0 Å². The number of hydrogen-bond donors (Lipinski definition) is 1. The second kappa shape index (κ2) is 7.08. The molecule has 0 radical (unpaired) electrons. The van der Waals surface area contributed by atoms with Crippen molar-refractivity contribution in [2.75, 3.05) is 45.9 Å². The Labute approximate surface area is 136 Å². The van der Waals surface area contributed by atoms with Gasteiger partial charge in [0.05, 0.1) is 12.6 Å². The second-order valence-electron chi connectivity index (χ2n) is 6.16. The first-order valence-corrected chi connectivity index (χ1v) is 8.98. The normalized spacial score (nSPS) is 21.6. The van der Waals surface area contributed by atoms with Crippen LogP contribution in [0.4, 0.5) is 0 Å². The molecule has 0 aliphatic carbocycles. The van der Waals surface area contributed by atoms with Gasteiger partial charge in [0, 0.05) is 50.7 Å². The number of rotatable bonds is 4. The Morgan fingerprint density at radius 3 is 2.82 bits per heavy atom. The van der Waals surface area contributed by atoms with E-state index in [0.717, 1.165) is 52.2 Å². The van der Waals surface area contributed by atoms with E-state index in [-0.39, 0.29) is 18.6 Å². The number of β-amino-alcohol motifs (C(OH)–C–C–N with tert-alkyl or cyclic N) is 1. The van der Waals surface area contributed by atoms with Gasteiger partial charge < -0.3 is 10.0 Å². The molecule has 1 atom stereocenters. The van der Waals surface area contributed by atoms with Crippen molar-refractivity contribution >= 4 is 17.2 Å². The fraction of sp³-hybridized carbons (Fsp3) is 0.688. The average molecular weight is 323 g/mol. The zero-order valence-electron chi connectivity index (χ0n) is 13.2. The van der Waals surface area contributed by atoms with Gasteiger partial charge in [-0.05, 0) is 30.4 Å².